The first-order valence-electron chi connectivity index (χ1n) is 8.29. The molecule has 0 aliphatic heterocycles. The summed E-state index contributed by atoms with van der Waals surface area (Å²) in [6.07, 6.45) is 3.28. The molecule has 1 aromatic heterocycles. The molecule has 0 fully saturated rings. The first-order chi connectivity index (χ1) is 12.8. The average molecular weight is 390 g/mol. The highest BCUT2D eigenvalue weighted by Crippen LogP contribution is 2.14. The van der Waals surface area contributed by atoms with E-state index in [0.29, 0.717) is 12.2 Å². The summed E-state index contributed by atoms with van der Waals surface area (Å²) in [6.45, 7) is 3.52. The zero-order valence-electron chi connectivity index (χ0n) is 15.2. The monoisotopic (exact) mass is 390 g/mol. The third-order valence-corrected chi connectivity index (χ3v) is 5.20. The largest absolute Gasteiger partial charge is 0.337 e. The fraction of sp³-hybridized carbons (Fsp3) is 0.278. The van der Waals surface area contributed by atoms with Crippen LogP contribution < -0.4 is 10.0 Å². The minimum atomic E-state index is -3.71. The number of amides is 2. The number of carbonyl (C=O) groups excluding carboxylic acids is 2. The summed E-state index contributed by atoms with van der Waals surface area (Å²) in [6, 6.07) is 9.46. The second-order valence-electron chi connectivity index (χ2n) is 5.90. The summed E-state index contributed by atoms with van der Waals surface area (Å²) >= 11 is 0. The molecule has 2 amide bonds. The van der Waals surface area contributed by atoms with E-state index in [0.717, 1.165) is 5.56 Å². The van der Waals surface area contributed by atoms with E-state index in [4.69, 9.17) is 0 Å². The molecule has 8 nitrogen and oxygen atoms in total. The van der Waals surface area contributed by atoms with Gasteiger partial charge in [-0.05, 0) is 42.0 Å². The molecule has 144 valence electrons. The van der Waals surface area contributed by atoms with E-state index in [1.165, 1.54) is 38.1 Å². The van der Waals surface area contributed by atoms with Gasteiger partial charge in [0.15, 0.2) is 0 Å². The van der Waals surface area contributed by atoms with Crippen LogP contribution in [0.15, 0.2) is 53.7 Å². The van der Waals surface area contributed by atoms with Crippen molar-refractivity contribution in [2.45, 2.75) is 25.3 Å². The molecule has 9 heteroatoms. The third kappa shape index (κ3) is 6.46. The lowest BCUT2D eigenvalue weighted by molar-refractivity contribution is -0.129. The normalized spacial score (nSPS) is 11.0. The Morgan fingerprint density at radius 1 is 1.04 bits per heavy atom. The van der Waals surface area contributed by atoms with Crippen LogP contribution in [0.4, 0.5) is 5.69 Å². The van der Waals surface area contributed by atoms with Crippen molar-refractivity contribution in [3.63, 3.8) is 0 Å². The van der Waals surface area contributed by atoms with Crippen molar-refractivity contribution in [2.75, 3.05) is 18.4 Å². The van der Waals surface area contributed by atoms with Gasteiger partial charge in [-0.15, -0.1) is 0 Å². The minimum absolute atomic E-state index is 0.0834. The topological polar surface area (TPSA) is 108 Å². The predicted molar refractivity (Wildman–Crippen MR) is 101 cm³/mol. The number of nitrogens with zero attached hydrogens (tertiary/aromatic N) is 2. The van der Waals surface area contributed by atoms with E-state index in [1.54, 1.807) is 29.4 Å². The van der Waals surface area contributed by atoms with Gasteiger partial charge in [-0.1, -0.05) is 0 Å². The zero-order chi connectivity index (χ0) is 19.9. The molecule has 1 aromatic carbocycles. The van der Waals surface area contributed by atoms with Crippen molar-refractivity contribution in [2.24, 2.45) is 0 Å². The molecule has 0 bridgehead atoms. The number of carbonyl (C=O) groups is 2. The molecule has 0 aliphatic carbocycles. The van der Waals surface area contributed by atoms with E-state index >= 15 is 0 Å². The highest BCUT2D eigenvalue weighted by Gasteiger charge is 2.15. The minimum Gasteiger partial charge on any atom is -0.337 e. The smallest absolute Gasteiger partial charge is 0.240 e. The van der Waals surface area contributed by atoms with Crippen molar-refractivity contribution in [1.82, 2.24) is 14.6 Å². The van der Waals surface area contributed by atoms with Crippen LogP contribution in [0.1, 0.15) is 19.4 Å². The number of pyridine rings is 1. The quantitative estimate of drug-likeness (QED) is 0.708. The molecule has 27 heavy (non-hydrogen) atoms. The Hall–Kier alpha value is -2.78. The number of aromatic nitrogens is 1. The number of hydrogen-bond donors (Lipinski definition) is 2. The summed E-state index contributed by atoms with van der Waals surface area (Å²) in [5.41, 5.74) is 1.43. The molecule has 0 spiro atoms. The van der Waals surface area contributed by atoms with Gasteiger partial charge in [-0.2, -0.15) is 0 Å². The zero-order valence-corrected chi connectivity index (χ0v) is 16.0. The van der Waals surface area contributed by atoms with Crippen molar-refractivity contribution in [1.29, 1.82) is 0 Å². The molecule has 0 atom stereocenters. The van der Waals surface area contributed by atoms with E-state index in [-0.39, 0.29) is 29.8 Å². The number of rotatable bonds is 8. The summed E-state index contributed by atoms with van der Waals surface area (Å²) in [7, 11) is -3.71. The fourth-order valence-corrected chi connectivity index (χ4v) is 3.40. The van der Waals surface area contributed by atoms with Crippen molar-refractivity contribution in [3.8, 4) is 0 Å². The molecule has 0 aliphatic rings. The van der Waals surface area contributed by atoms with Gasteiger partial charge in [0.25, 0.3) is 0 Å². The molecule has 0 saturated heterocycles. The molecule has 2 rings (SSSR count). The SMILES string of the molecule is CC(=O)Nc1ccc(S(=O)(=O)NCCN(Cc2ccncc2)C(C)=O)cc1. The van der Waals surface area contributed by atoms with Crippen molar-refractivity contribution in [3.05, 3.63) is 54.4 Å². The van der Waals surface area contributed by atoms with Gasteiger partial charge in [-0.25, -0.2) is 13.1 Å². The first kappa shape index (κ1) is 20.5. The maximum absolute atomic E-state index is 12.4. The second-order valence-corrected chi connectivity index (χ2v) is 7.67. The van der Waals surface area contributed by atoms with Crippen LogP contribution >= 0.6 is 0 Å². The fourth-order valence-electron chi connectivity index (χ4n) is 2.38. The summed E-state index contributed by atoms with van der Waals surface area (Å²) < 4.78 is 27.2. The van der Waals surface area contributed by atoms with Gasteiger partial charge in [-0.3, -0.25) is 14.6 Å². The van der Waals surface area contributed by atoms with Crippen molar-refractivity contribution < 1.29 is 18.0 Å². The predicted octanol–water partition coefficient (Wildman–Crippen LogP) is 1.37. The molecule has 2 aromatic rings. The van der Waals surface area contributed by atoms with E-state index in [9.17, 15) is 18.0 Å². The van der Waals surface area contributed by atoms with Gasteiger partial charge in [0.05, 0.1) is 4.90 Å². The lowest BCUT2D eigenvalue weighted by atomic mass is 10.2. The van der Waals surface area contributed by atoms with Crippen LogP contribution in [-0.2, 0) is 26.2 Å². The number of hydrogen-bond acceptors (Lipinski definition) is 5. The Bertz CT molecular complexity index is 883. The van der Waals surface area contributed by atoms with Gasteiger partial charge >= 0.3 is 0 Å². The lowest BCUT2D eigenvalue weighted by Gasteiger charge is -2.21. The van der Waals surface area contributed by atoms with Crippen LogP contribution in [0.25, 0.3) is 0 Å². The number of anilines is 1. The third-order valence-electron chi connectivity index (χ3n) is 3.73. The molecule has 0 radical (unpaired) electrons. The number of sulfonamides is 1. The maximum Gasteiger partial charge on any atom is 0.240 e. The first-order valence-corrected chi connectivity index (χ1v) is 9.78. The average Bonchev–Trinajstić information content (AvgIpc) is 2.61. The summed E-state index contributed by atoms with van der Waals surface area (Å²) in [4.78, 5) is 28.4. The van der Waals surface area contributed by atoms with Gasteiger partial charge in [0.1, 0.15) is 0 Å². The van der Waals surface area contributed by atoms with E-state index in [2.05, 4.69) is 15.0 Å². The summed E-state index contributed by atoms with van der Waals surface area (Å²) in [5, 5.41) is 2.57. The van der Waals surface area contributed by atoms with Crippen LogP contribution in [0.3, 0.4) is 0 Å². The Morgan fingerprint density at radius 3 is 2.22 bits per heavy atom. The van der Waals surface area contributed by atoms with Crippen LogP contribution in [0, 0.1) is 0 Å². The van der Waals surface area contributed by atoms with Crippen LogP contribution in [0.2, 0.25) is 0 Å². The molecule has 0 saturated carbocycles. The highest BCUT2D eigenvalue weighted by molar-refractivity contribution is 7.89. The van der Waals surface area contributed by atoms with E-state index in [1.807, 2.05) is 0 Å². The van der Waals surface area contributed by atoms with E-state index < -0.39 is 10.0 Å². The Labute approximate surface area is 158 Å². The molecule has 0 unspecified atom stereocenters. The molecular weight excluding hydrogens is 368 g/mol. The Morgan fingerprint density at radius 2 is 1.67 bits per heavy atom. The van der Waals surface area contributed by atoms with Crippen LogP contribution in [-0.4, -0.2) is 43.2 Å². The Kier molecular flexibility index (Phi) is 7.03. The number of benzene rings is 1. The van der Waals surface area contributed by atoms with Gasteiger partial charge in [0, 0.05) is 51.6 Å². The standard InChI is InChI=1S/C18H22N4O4S/c1-14(23)21-17-3-5-18(6-4-17)27(25,26)20-11-12-22(15(2)24)13-16-7-9-19-10-8-16/h3-10,20H,11-13H2,1-2H3,(H,21,23). The summed E-state index contributed by atoms with van der Waals surface area (Å²) in [5.74, 6) is -0.382. The van der Waals surface area contributed by atoms with Crippen LogP contribution in [0.5, 0.6) is 0 Å². The molecule has 1 heterocycles. The van der Waals surface area contributed by atoms with Gasteiger partial charge in [0.2, 0.25) is 21.8 Å². The van der Waals surface area contributed by atoms with Gasteiger partial charge < -0.3 is 10.2 Å². The second kappa shape index (κ2) is 9.24. The molecule has 2 N–H and O–H groups in total. The lowest BCUT2D eigenvalue weighted by Crippen LogP contribution is -2.37. The molecular formula is C18H22N4O4S. The highest BCUT2D eigenvalue weighted by atomic mass is 32.2. The Balaban J connectivity index is 1.95. The maximum atomic E-state index is 12.4. The van der Waals surface area contributed by atoms with Crippen molar-refractivity contribution >= 4 is 27.5 Å². The number of nitrogens with one attached hydrogen (secondary N) is 2.